The summed E-state index contributed by atoms with van der Waals surface area (Å²) in [6.07, 6.45) is 0. The van der Waals surface area contributed by atoms with Crippen molar-refractivity contribution in [3.63, 3.8) is 0 Å². The molecule has 0 saturated heterocycles. The molecule has 0 spiro atoms. The molecule has 0 amide bonds. The first-order chi connectivity index (χ1) is 6.24. The van der Waals surface area contributed by atoms with Crippen molar-refractivity contribution in [3.05, 3.63) is 28.7 Å². The summed E-state index contributed by atoms with van der Waals surface area (Å²) in [5, 5.41) is 0. The van der Waals surface area contributed by atoms with Crippen LogP contribution in [0.5, 0.6) is 0 Å². The minimum absolute atomic E-state index is 0.568. The van der Waals surface area contributed by atoms with Crippen LogP contribution in [0.4, 0.5) is 0 Å². The summed E-state index contributed by atoms with van der Waals surface area (Å²) in [5.74, 6) is 2.38. The van der Waals surface area contributed by atoms with Gasteiger partial charge in [0, 0.05) is 21.0 Å². The normalized spacial score (nSPS) is 12.8. The predicted octanol–water partition coefficient (Wildman–Crippen LogP) is 4.42. The van der Waals surface area contributed by atoms with E-state index in [1.165, 1.54) is 9.37 Å². The molecule has 0 saturated carbocycles. The van der Waals surface area contributed by atoms with Crippen LogP contribution in [0, 0.1) is 5.92 Å². The number of rotatable bonds is 4. The molecule has 0 N–H and O–H groups in total. The first kappa shape index (κ1) is 11.4. The number of hydrogen-bond donors (Lipinski definition) is 0. The van der Waals surface area contributed by atoms with E-state index >= 15 is 0 Å². The SMILES string of the molecule is CC(CCl)CSc1ccccc1Br. The van der Waals surface area contributed by atoms with E-state index in [0.717, 1.165) is 11.6 Å². The molecule has 3 heteroatoms. The molecule has 0 radical (unpaired) electrons. The second-order valence-corrected chi connectivity index (χ2v) is 5.23. The molecule has 0 aliphatic rings. The van der Waals surface area contributed by atoms with Gasteiger partial charge in [0.1, 0.15) is 0 Å². The number of benzene rings is 1. The average molecular weight is 280 g/mol. The summed E-state index contributed by atoms with van der Waals surface area (Å²) in [6.45, 7) is 2.16. The maximum atomic E-state index is 5.73. The Morgan fingerprint density at radius 2 is 2.15 bits per heavy atom. The van der Waals surface area contributed by atoms with E-state index in [0.29, 0.717) is 5.92 Å². The van der Waals surface area contributed by atoms with Crippen molar-refractivity contribution >= 4 is 39.3 Å². The van der Waals surface area contributed by atoms with Crippen LogP contribution in [0.3, 0.4) is 0 Å². The van der Waals surface area contributed by atoms with E-state index in [2.05, 4.69) is 41.1 Å². The van der Waals surface area contributed by atoms with Gasteiger partial charge in [-0.05, 0) is 34.0 Å². The van der Waals surface area contributed by atoms with Gasteiger partial charge in [-0.2, -0.15) is 0 Å². The Morgan fingerprint density at radius 1 is 1.46 bits per heavy atom. The predicted molar refractivity (Wildman–Crippen MR) is 64.8 cm³/mol. The number of thioether (sulfide) groups is 1. The molecule has 0 nitrogen and oxygen atoms in total. The summed E-state index contributed by atoms with van der Waals surface area (Å²) in [5.41, 5.74) is 0. The smallest absolute Gasteiger partial charge is 0.0311 e. The number of halogens is 2. The lowest BCUT2D eigenvalue weighted by Crippen LogP contribution is -1.98. The molecule has 1 rings (SSSR count). The fraction of sp³-hybridized carbons (Fsp3) is 0.400. The molecule has 0 aliphatic heterocycles. The number of alkyl halides is 1. The Balaban J connectivity index is 2.50. The van der Waals surface area contributed by atoms with Crippen LogP contribution in [0.1, 0.15) is 6.92 Å². The Kier molecular flexibility index (Phi) is 5.22. The maximum absolute atomic E-state index is 5.73. The highest BCUT2D eigenvalue weighted by Gasteiger charge is 2.03. The van der Waals surface area contributed by atoms with Gasteiger partial charge < -0.3 is 0 Å². The van der Waals surface area contributed by atoms with Gasteiger partial charge in [0.2, 0.25) is 0 Å². The van der Waals surface area contributed by atoms with Gasteiger partial charge in [0.05, 0.1) is 0 Å². The fourth-order valence-corrected chi connectivity index (χ4v) is 2.67. The summed E-state index contributed by atoms with van der Waals surface area (Å²) >= 11 is 11.1. The molecule has 1 aromatic carbocycles. The maximum Gasteiger partial charge on any atom is 0.0311 e. The van der Waals surface area contributed by atoms with E-state index in [9.17, 15) is 0 Å². The zero-order valence-corrected chi connectivity index (χ0v) is 10.6. The van der Waals surface area contributed by atoms with Crippen molar-refractivity contribution in [2.24, 2.45) is 5.92 Å². The molecule has 0 bridgehead atoms. The van der Waals surface area contributed by atoms with Crippen molar-refractivity contribution in [2.45, 2.75) is 11.8 Å². The van der Waals surface area contributed by atoms with Crippen molar-refractivity contribution < 1.29 is 0 Å². The molecular weight excluding hydrogens is 268 g/mol. The molecule has 1 unspecified atom stereocenters. The highest BCUT2D eigenvalue weighted by Crippen LogP contribution is 2.28. The van der Waals surface area contributed by atoms with Crippen LogP contribution in [0.15, 0.2) is 33.6 Å². The summed E-state index contributed by atoms with van der Waals surface area (Å²) in [6, 6.07) is 8.26. The topological polar surface area (TPSA) is 0 Å². The third kappa shape index (κ3) is 3.92. The van der Waals surface area contributed by atoms with Gasteiger partial charge in [-0.3, -0.25) is 0 Å². The Bertz CT molecular complexity index is 265. The van der Waals surface area contributed by atoms with Crippen LogP contribution in [0.25, 0.3) is 0 Å². The molecule has 1 aromatic rings. The third-order valence-electron chi connectivity index (χ3n) is 1.62. The van der Waals surface area contributed by atoms with Gasteiger partial charge in [-0.1, -0.05) is 19.1 Å². The molecule has 0 fully saturated rings. The zero-order valence-electron chi connectivity index (χ0n) is 7.47. The van der Waals surface area contributed by atoms with E-state index in [-0.39, 0.29) is 0 Å². The highest BCUT2D eigenvalue weighted by molar-refractivity contribution is 9.10. The van der Waals surface area contributed by atoms with Gasteiger partial charge in [-0.15, -0.1) is 23.4 Å². The standard InChI is InChI=1S/C10H12BrClS/c1-8(6-12)7-13-10-5-3-2-4-9(10)11/h2-5,8H,6-7H2,1H3. The summed E-state index contributed by atoms with van der Waals surface area (Å²) < 4.78 is 1.17. The second-order valence-electron chi connectivity index (χ2n) is 3.00. The molecule has 0 aromatic heterocycles. The largest absolute Gasteiger partial charge is 0.126 e. The molecule has 0 heterocycles. The van der Waals surface area contributed by atoms with Gasteiger partial charge >= 0.3 is 0 Å². The highest BCUT2D eigenvalue weighted by atomic mass is 79.9. The number of hydrogen-bond acceptors (Lipinski definition) is 1. The monoisotopic (exact) mass is 278 g/mol. The quantitative estimate of drug-likeness (QED) is 0.581. The van der Waals surface area contributed by atoms with Crippen LogP contribution in [-0.2, 0) is 0 Å². The fourth-order valence-electron chi connectivity index (χ4n) is 0.838. The lowest BCUT2D eigenvalue weighted by Gasteiger charge is -2.07. The Hall–Kier alpha value is 0.340. The lowest BCUT2D eigenvalue weighted by molar-refractivity contribution is 0.759. The Labute approximate surface area is 97.2 Å². The van der Waals surface area contributed by atoms with Gasteiger partial charge in [-0.25, -0.2) is 0 Å². The minimum Gasteiger partial charge on any atom is -0.126 e. The molecule has 13 heavy (non-hydrogen) atoms. The van der Waals surface area contributed by atoms with Crippen LogP contribution in [-0.4, -0.2) is 11.6 Å². The zero-order chi connectivity index (χ0) is 9.68. The van der Waals surface area contributed by atoms with E-state index in [4.69, 9.17) is 11.6 Å². The van der Waals surface area contributed by atoms with Crippen LogP contribution >= 0.6 is 39.3 Å². The lowest BCUT2D eigenvalue weighted by atomic mass is 10.3. The van der Waals surface area contributed by atoms with Crippen LogP contribution in [0.2, 0.25) is 0 Å². The van der Waals surface area contributed by atoms with Crippen molar-refractivity contribution in [1.82, 2.24) is 0 Å². The van der Waals surface area contributed by atoms with Gasteiger partial charge in [0.25, 0.3) is 0 Å². The first-order valence-corrected chi connectivity index (χ1v) is 6.48. The molecule has 0 aliphatic carbocycles. The van der Waals surface area contributed by atoms with Crippen molar-refractivity contribution in [3.8, 4) is 0 Å². The van der Waals surface area contributed by atoms with Crippen LogP contribution < -0.4 is 0 Å². The van der Waals surface area contributed by atoms with E-state index < -0.39 is 0 Å². The molecular formula is C10H12BrClS. The van der Waals surface area contributed by atoms with E-state index in [1.807, 2.05) is 17.8 Å². The third-order valence-corrected chi connectivity index (χ3v) is 4.51. The Morgan fingerprint density at radius 3 is 2.77 bits per heavy atom. The van der Waals surface area contributed by atoms with Gasteiger partial charge in [0.15, 0.2) is 0 Å². The summed E-state index contributed by atoms with van der Waals surface area (Å²) in [4.78, 5) is 1.29. The van der Waals surface area contributed by atoms with Crippen molar-refractivity contribution in [2.75, 3.05) is 11.6 Å². The van der Waals surface area contributed by atoms with E-state index in [1.54, 1.807) is 0 Å². The summed E-state index contributed by atoms with van der Waals surface area (Å²) in [7, 11) is 0. The first-order valence-electron chi connectivity index (χ1n) is 4.17. The minimum atomic E-state index is 0.568. The second kappa shape index (κ2) is 5.94. The average Bonchev–Trinajstić information content (AvgIpc) is 2.16. The molecule has 72 valence electrons. The molecule has 1 atom stereocenters. The van der Waals surface area contributed by atoms with Crippen molar-refractivity contribution in [1.29, 1.82) is 0 Å².